The van der Waals surface area contributed by atoms with Crippen molar-refractivity contribution in [3.63, 3.8) is 0 Å². The van der Waals surface area contributed by atoms with Crippen LogP contribution in [0.3, 0.4) is 0 Å². The fourth-order valence-electron chi connectivity index (χ4n) is 1.02. The van der Waals surface area contributed by atoms with Crippen LogP contribution in [0.4, 0.5) is 0 Å². The van der Waals surface area contributed by atoms with Crippen molar-refractivity contribution in [2.45, 2.75) is 6.04 Å². The molecule has 0 fully saturated rings. The van der Waals surface area contributed by atoms with Gasteiger partial charge in [0, 0.05) is 6.20 Å². The molecule has 0 atom stereocenters. The fraction of sp³-hybridized carbons (Fsp3) is 0.111. The van der Waals surface area contributed by atoms with Crippen LogP contribution >= 0.6 is 0 Å². The predicted molar refractivity (Wildman–Crippen MR) is 48.6 cm³/mol. The molecule has 13 heavy (non-hydrogen) atoms. The van der Waals surface area contributed by atoms with E-state index in [-0.39, 0.29) is 11.7 Å². The number of carbonyl (C=O) groups is 1. The third kappa shape index (κ3) is 1.66. The maximum absolute atomic E-state index is 10.7. The molecule has 0 saturated heterocycles. The van der Waals surface area contributed by atoms with Gasteiger partial charge in [0.2, 0.25) is 0 Å². The Labute approximate surface area is 75.8 Å². The Balaban J connectivity index is 3.12. The molecule has 68 valence electrons. The van der Waals surface area contributed by atoms with E-state index in [4.69, 9.17) is 5.11 Å². The highest BCUT2D eigenvalue weighted by molar-refractivity contribution is 5.85. The van der Waals surface area contributed by atoms with Gasteiger partial charge in [0.05, 0.1) is 6.04 Å². The lowest BCUT2D eigenvalue weighted by Gasteiger charge is -2.09. The van der Waals surface area contributed by atoms with Crippen LogP contribution in [-0.2, 0) is 0 Å². The van der Waals surface area contributed by atoms with Crippen LogP contribution in [0.15, 0.2) is 37.6 Å². The van der Waals surface area contributed by atoms with E-state index in [1.54, 1.807) is 12.2 Å². The van der Waals surface area contributed by atoms with Gasteiger partial charge < -0.3 is 5.11 Å². The molecule has 0 amide bonds. The average molecular weight is 178 g/mol. The molecule has 1 heterocycles. The lowest BCUT2D eigenvalue weighted by molar-refractivity contribution is 0.0683. The Morgan fingerprint density at radius 3 is 2.69 bits per heavy atom. The quantitative estimate of drug-likeness (QED) is 0.711. The van der Waals surface area contributed by atoms with Crippen molar-refractivity contribution in [1.82, 2.24) is 9.78 Å². The maximum atomic E-state index is 10.7. The van der Waals surface area contributed by atoms with Crippen LogP contribution in [0, 0.1) is 0 Å². The van der Waals surface area contributed by atoms with E-state index in [2.05, 4.69) is 18.3 Å². The van der Waals surface area contributed by atoms with Crippen molar-refractivity contribution < 1.29 is 9.90 Å². The SMILES string of the molecule is C=CC(C=C)n1nccc1C(=O)O. The number of carboxylic acids is 1. The summed E-state index contributed by atoms with van der Waals surface area (Å²) < 4.78 is 1.35. The Morgan fingerprint density at radius 1 is 1.62 bits per heavy atom. The van der Waals surface area contributed by atoms with E-state index in [0.717, 1.165) is 0 Å². The summed E-state index contributed by atoms with van der Waals surface area (Å²) in [5.41, 5.74) is 0.129. The molecule has 0 aromatic carbocycles. The summed E-state index contributed by atoms with van der Waals surface area (Å²) in [5.74, 6) is -1.01. The van der Waals surface area contributed by atoms with Gasteiger partial charge in [-0.05, 0) is 6.07 Å². The van der Waals surface area contributed by atoms with Crippen LogP contribution in [0.25, 0.3) is 0 Å². The summed E-state index contributed by atoms with van der Waals surface area (Å²) in [6, 6.07) is 1.16. The number of aromatic carboxylic acids is 1. The molecule has 4 heteroatoms. The molecule has 4 nitrogen and oxygen atoms in total. The van der Waals surface area contributed by atoms with Gasteiger partial charge in [-0.15, -0.1) is 13.2 Å². The van der Waals surface area contributed by atoms with Gasteiger partial charge in [-0.3, -0.25) is 0 Å². The minimum absolute atomic E-state index is 0.129. The van der Waals surface area contributed by atoms with Crippen LogP contribution in [0.5, 0.6) is 0 Å². The normalized spacial score (nSPS) is 9.92. The van der Waals surface area contributed by atoms with Gasteiger partial charge in [-0.1, -0.05) is 12.2 Å². The lowest BCUT2D eigenvalue weighted by atomic mass is 10.3. The van der Waals surface area contributed by atoms with E-state index in [1.807, 2.05) is 0 Å². The number of carboxylic acid groups (broad SMARTS) is 1. The zero-order valence-electron chi connectivity index (χ0n) is 7.05. The molecule has 0 spiro atoms. The lowest BCUT2D eigenvalue weighted by Crippen LogP contribution is -2.13. The molecule has 1 aromatic heterocycles. The number of nitrogens with zero attached hydrogens (tertiary/aromatic N) is 2. The van der Waals surface area contributed by atoms with Gasteiger partial charge in [0.15, 0.2) is 0 Å². The molecule has 0 aliphatic heterocycles. The van der Waals surface area contributed by atoms with Crippen molar-refractivity contribution in [3.8, 4) is 0 Å². The van der Waals surface area contributed by atoms with Crippen molar-refractivity contribution in [2.75, 3.05) is 0 Å². The fourth-order valence-corrected chi connectivity index (χ4v) is 1.02. The second-order valence-electron chi connectivity index (χ2n) is 2.43. The Kier molecular flexibility index (Phi) is 2.64. The van der Waals surface area contributed by atoms with E-state index >= 15 is 0 Å². The average Bonchev–Trinajstić information content (AvgIpc) is 2.55. The number of hydrogen-bond donors (Lipinski definition) is 1. The van der Waals surface area contributed by atoms with Gasteiger partial charge in [-0.25, -0.2) is 9.48 Å². The largest absolute Gasteiger partial charge is 0.477 e. The molecular weight excluding hydrogens is 168 g/mol. The van der Waals surface area contributed by atoms with Gasteiger partial charge >= 0.3 is 5.97 Å². The van der Waals surface area contributed by atoms with E-state index < -0.39 is 5.97 Å². The van der Waals surface area contributed by atoms with E-state index in [9.17, 15) is 4.79 Å². The first-order valence-corrected chi connectivity index (χ1v) is 3.72. The molecule has 0 unspecified atom stereocenters. The Hall–Kier alpha value is -1.84. The predicted octanol–water partition coefficient (Wildman–Crippen LogP) is 1.49. The van der Waals surface area contributed by atoms with Crippen molar-refractivity contribution in [3.05, 3.63) is 43.3 Å². The molecule has 0 aliphatic rings. The topological polar surface area (TPSA) is 55.1 Å². The zero-order chi connectivity index (χ0) is 9.84. The zero-order valence-corrected chi connectivity index (χ0v) is 7.05. The van der Waals surface area contributed by atoms with Crippen LogP contribution in [0.1, 0.15) is 16.5 Å². The number of rotatable bonds is 4. The molecule has 1 aromatic rings. The summed E-state index contributed by atoms with van der Waals surface area (Å²) in [5, 5.41) is 12.6. The second kappa shape index (κ2) is 3.71. The van der Waals surface area contributed by atoms with Gasteiger partial charge in [-0.2, -0.15) is 5.10 Å². The standard InChI is InChI=1S/C9H10N2O2/c1-3-7(4-2)11-8(9(12)13)5-6-10-11/h3-7H,1-2H2,(H,12,13). The molecule has 1 rings (SSSR count). The molecule has 0 saturated carbocycles. The first-order chi connectivity index (χ1) is 6.20. The maximum Gasteiger partial charge on any atom is 0.354 e. The summed E-state index contributed by atoms with van der Waals surface area (Å²) in [6.45, 7) is 7.13. The minimum atomic E-state index is -1.01. The van der Waals surface area contributed by atoms with Gasteiger partial charge in [0.25, 0.3) is 0 Å². The first kappa shape index (κ1) is 9.25. The number of allylic oxidation sites excluding steroid dienone is 2. The van der Waals surface area contributed by atoms with Crippen molar-refractivity contribution in [1.29, 1.82) is 0 Å². The molecule has 1 N–H and O–H groups in total. The third-order valence-corrected chi connectivity index (χ3v) is 1.65. The number of hydrogen-bond acceptors (Lipinski definition) is 2. The molecular formula is C9H10N2O2. The Morgan fingerprint density at radius 2 is 2.23 bits per heavy atom. The summed E-state index contributed by atoms with van der Waals surface area (Å²) >= 11 is 0. The highest BCUT2D eigenvalue weighted by atomic mass is 16.4. The van der Waals surface area contributed by atoms with E-state index in [1.165, 1.54) is 16.9 Å². The highest BCUT2D eigenvalue weighted by Gasteiger charge is 2.13. The smallest absolute Gasteiger partial charge is 0.354 e. The van der Waals surface area contributed by atoms with Gasteiger partial charge in [0.1, 0.15) is 5.69 Å². The molecule has 0 radical (unpaired) electrons. The summed E-state index contributed by atoms with van der Waals surface area (Å²) in [4.78, 5) is 10.7. The summed E-state index contributed by atoms with van der Waals surface area (Å²) in [7, 11) is 0. The summed E-state index contributed by atoms with van der Waals surface area (Å²) in [6.07, 6.45) is 4.59. The molecule has 0 aliphatic carbocycles. The van der Waals surface area contributed by atoms with Crippen LogP contribution < -0.4 is 0 Å². The van der Waals surface area contributed by atoms with Crippen LogP contribution in [-0.4, -0.2) is 20.9 Å². The number of aromatic nitrogens is 2. The Bertz CT molecular complexity index is 333. The van der Waals surface area contributed by atoms with Crippen molar-refractivity contribution >= 4 is 5.97 Å². The first-order valence-electron chi connectivity index (χ1n) is 3.72. The van der Waals surface area contributed by atoms with Crippen LogP contribution in [0.2, 0.25) is 0 Å². The second-order valence-corrected chi connectivity index (χ2v) is 2.43. The highest BCUT2D eigenvalue weighted by Crippen LogP contribution is 2.11. The molecule has 0 bridgehead atoms. The monoisotopic (exact) mass is 178 g/mol. The minimum Gasteiger partial charge on any atom is -0.477 e. The van der Waals surface area contributed by atoms with E-state index in [0.29, 0.717) is 0 Å². The third-order valence-electron chi connectivity index (χ3n) is 1.65. The van der Waals surface area contributed by atoms with Crippen molar-refractivity contribution in [2.24, 2.45) is 0 Å².